The summed E-state index contributed by atoms with van der Waals surface area (Å²) in [5, 5.41) is 9.62. The van der Waals surface area contributed by atoms with Gasteiger partial charge in [-0.05, 0) is 49.4 Å². The molecule has 0 amide bonds. The number of anilines is 1. The van der Waals surface area contributed by atoms with Gasteiger partial charge in [0.2, 0.25) is 11.1 Å². The van der Waals surface area contributed by atoms with E-state index in [0.717, 1.165) is 16.9 Å². The largest absolute Gasteiger partial charge is 0.489 e. The Hall–Kier alpha value is -2.68. The highest BCUT2D eigenvalue weighted by molar-refractivity contribution is 7.99. The molecule has 1 N–H and O–H groups in total. The molecule has 1 unspecified atom stereocenters. The number of allylic oxidation sites excluding steroid dienone is 1. The molecule has 4 rings (SSSR count). The summed E-state index contributed by atoms with van der Waals surface area (Å²) in [7, 11) is 0. The SMILES string of the molecule is CCOC(=O)C1=C(C)Nc2nc(SCC)nn2C1c1ccc(OCc2ccc(Cl)cc2Cl)cc1. The Bertz CT molecular complexity index is 1230. The monoisotopic (exact) mass is 518 g/mol. The molecule has 0 bridgehead atoms. The van der Waals surface area contributed by atoms with Crippen molar-refractivity contribution in [3.8, 4) is 5.75 Å². The molecule has 1 aliphatic rings. The van der Waals surface area contributed by atoms with Crippen LogP contribution < -0.4 is 10.1 Å². The molecule has 0 saturated heterocycles. The lowest BCUT2D eigenvalue weighted by atomic mass is 9.96. The summed E-state index contributed by atoms with van der Waals surface area (Å²) in [6.07, 6.45) is 0. The van der Waals surface area contributed by atoms with Gasteiger partial charge >= 0.3 is 5.97 Å². The normalized spacial score (nSPS) is 15.0. The van der Waals surface area contributed by atoms with E-state index in [1.165, 1.54) is 11.8 Å². The number of carbonyl (C=O) groups excluding carboxylic acids is 1. The Labute approximate surface area is 212 Å². The average Bonchev–Trinajstić information content (AvgIpc) is 3.20. The second-order valence-electron chi connectivity index (χ2n) is 7.48. The van der Waals surface area contributed by atoms with Crippen molar-refractivity contribution in [3.05, 3.63) is 74.9 Å². The first-order chi connectivity index (χ1) is 16.4. The van der Waals surface area contributed by atoms with Gasteiger partial charge in [0.1, 0.15) is 18.4 Å². The van der Waals surface area contributed by atoms with E-state index in [0.29, 0.717) is 44.8 Å². The van der Waals surface area contributed by atoms with Crippen molar-refractivity contribution in [1.29, 1.82) is 0 Å². The predicted octanol–water partition coefficient (Wildman–Crippen LogP) is 6.13. The number of fused-ring (bicyclic) bond motifs is 1. The fourth-order valence-corrected chi connectivity index (χ4v) is 4.67. The number of halogens is 2. The molecule has 0 spiro atoms. The summed E-state index contributed by atoms with van der Waals surface area (Å²) >= 11 is 13.7. The molecule has 1 atom stereocenters. The third-order valence-corrected chi connectivity index (χ3v) is 6.51. The van der Waals surface area contributed by atoms with E-state index in [1.807, 2.05) is 44.2 Å². The highest BCUT2D eigenvalue weighted by Gasteiger charge is 2.35. The van der Waals surface area contributed by atoms with Crippen molar-refractivity contribution in [2.24, 2.45) is 0 Å². The van der Waals surface area contributed by atoms with Gasteiger partial charge in [0.25, 0.3) is 0 Å². The molecule has 178 valence electrons. The molecule has 1 aromatic heterocycles. The minimum atomic E-state index is -0.478. The Morgan fingerprint density at radius 2 is 1.94 bits per heavy atom. The first kappa shape index (κ1) is 24.4. The van der Waals surface area contributed by atoms with Crippen LogP contribution in [-0.4, -0.2) is 33.1 Å². The number of ether oxygens (including phenoxy) is 2. The number of esters is 1. The zero-order valence-corrected chi connectivity index (χ0v) is 21.3. The Balaban J connectivity index is 1.62. The lowest BCUT2D eigenvalue weighted by molar-refractivity contribution is -0.139. The molecular formula is C24H24Cl2N4O3S. The summed E-state index contributed by atoms with van der Waals surface area (Å²) in [5.41, 5.74) is 2.88. The van der Waals surface area contributed by atoms with Crippen LogP contribution in [0.3, 0.4) is 0 Å². The third-order valence-electron chi connectivity index (χ3n) is 5.21. The number of thioether (sulfide) groups is 1. The molecule has 2 heterocycles. The highest BCUT2D eigenvalue weighted by atomic mass is 35.5. The maximum atomic E-state index is 12.9. The zero-order valence-electron chi connectivity index (χ0n) is 19.0. The molecule has 10 heteroatoms. The van der Waals surface area contributed by atoms with Crippen molar-refractivity contribution in [2.75, 3.05) is 17.7 Å². The van der Waals surface area contributed by atoms with E-state index < -0.39 is 6.04 Å². The Morgan fingerprint density at radius 1 is 1.18 bits per heavy atom. The number of hydrogen-bond acceptors (Lipinski definition) is 7. The number of nitrogens with zero attached hydrogens (tertiary/aromatic N) is 3. The minimum Gasteiger partial charge on any atom is -0.489 e. The predicted molar refractivity (Wildman–Crippen MR) is 135 cm³/mol. The van der Waals surface area contributed by atoms with E-state index in [2.05, 4.69) is 15.4 Å². The van der Waals surface area contributed by atoms with Crippen LogP contribution in [-0.2, 0) is 16.1 Å². The van der Waals surface area contributed by atoms with Gasteiger partial charge < -0.3 is 14.8 Å². The highest BCUT2D eigenvalue weighted by Crippen LogP contribution is 2.37. The van der Waals surface area contributed by atoms with Gasteiger partial charge in [-0.1, -0.05) is 60.1 Å². The van der Waals surface area contributed by atoms with E-state index in [4.69, 9.17) is 32.7 Å². The van der Waals surface area contributed by atoms with E-state index >= 15 is 0 Å². The molecule has 0 saturated carbocycles. The van der Waals surface area contributed by atoms with Gasteiger partial charge in [-0.2, -0.15) is 4.98 Å². The lowest BCUT2D eigenvalue weighted by Crippen LogP contribution is -2.29. The van der Waals surface area contributed by atoms with Gasteiger partial charge in [-0.3, -0.25) is 0 Å². The summed E-state index contributed by atoms with van der Waals surface area (Å²) in [5.74, 6) is 1.71. The Kier molecular flexibility index (Phi) is 7.70. The van der Waals surface area contributed by atoms with E-state index in [9.17, 15) is 4.79 Å². The lowest BCUT2D eigenvalue weighted by Gasteiger charge is -2.28. The first-order valence-electron chi connectivity index (χ1n) is 10.8. The van der Waals surface area contributed by atoms with Gasteiger partial charge in [0.05, 0.1) is 12.2 Å². The van der Waals surface area contributed by atoms with Gasteiger partial charge in [0, 0.05) is 21.3 Å². The van der Waals surface area contributed by atoms with Gasteiger partial charge in [0.15, 0.2) is 0 Å². The maximum Gasteiger partial charge on any atom is 0.338 e. The minimum absolute atomic E-state index is 0.281. The van der Waals surface area contributed by atoms with Crippen LogP contribution in [0, 0.1) is 0 Å². The van der Waals surface area contributed by atoms with Crippen molar-refractivity contribution in [1.82, 2.24) is 14.8 Å². The number of aromatic nitrogens is 3. The molecule has 3 aromatic rings. The van der Waals surface area contributed by atoms with Gasteiger partial charge in [-0.15, -0.1) is 5.10 Å². The maximum absolute atomic E-state index is 12.9. The fourth-order valence-electron chi connectivity index (χ4n) is 3.65. The number of rotatable bonds is 8. The summed E-state index contributed by atoms with van der Waals surface area (Å²) < 4.78 is 13.0. The van der Waals surface area contributed by atoms with Gasteiger partial charge in [-0.25, -0.2) is 9.48 Å². The molecule has 1 aliphatic heterocycles. The molecule has 34 heavy (non-hydrogen) atoms. The standard InChI is InChI=1S/C24H24Cl2N4O3S/c1-4-32-22(31)20-14(3)27-23-28-24(34-5-2)29-30(23)21(20)15-7-10-18(11-8-15)33-13-16-6-9-17(25)12-19(16)26/h6-12,21H,4-5,13H2,1-3H3,(H,27,28,29). The van der Waals surface area contributed by atoms with Crippen LogP contribution in [0.2, 0.25) is 10.0 Å². The zero-order chi connectivity index (χ0) is 24.2. The molecule has 0 fully saturated rings. The number of benzene rings is 2. The fraction of sp³-hybridized carbons (Fsp3) is 0.292. The van der Waals surface area contributed by atoms with Crippen molar-refractivity contribution in [3.63, 3.8) is 0 Å². The number of nitrogens with one attached hydrogen (secondary N) is 1. The second-order valence-corrected chi connectivity index (χ2v) is 9.55. The first-order valence-corrected chi connectivity index (χ1v) is 12.6. The average molecular weight is 519 g/mol. The summed E-state index contributed by atoms with van der Waals surface area (Å²) in [6, 6.07) is 12.4. The van der Waals surface area contributed by atoms with Crippen LogP contribution in [0.25, 0.3) is 0 Å². The second kappa shape index (κ2) is 10.7. The third kappa shape index (κ3) is 5.19. The molecule has 0 radical (unpaired) electrons. The van der Waals surface area contributed by atoms with Crippen molar-refractivity contribution >= 4 is 46.9 Å². The molecule has 7 nitrogen and oxygen atoms in total. The molecule has 0 aliphatic carbocycles. The van der Waals surface area contributed by atoms with Crippen LogP contribution in [0.1, 0.15) is 37.9 Å². The van der Waals surface area contributed by atoms with Crippen LogP contribution in [0.4, 0.5) is 5.95 Å². The number of hydrogen-bond donors (Lipinski definition) is 1. The quantitative estimate of drug-likeness (QED) is 0.283. The van der Waals surface area contributed by atoms with Crippen LogP contribution >= 0.6 is 35.0 Å². The Morgan fingerprint density at radius 3 is 2.62 bits per heavy atom. The summed E-state index contributed by atoms with van der Waals surface area (Å²) in [6.45, 7) is 6.26. The van der Waals surface area contributed by atoms with E-state index in [-0.39, 0.29) is 12.6 Å². The molecular weight excluding hydrogens is 495 g/mol. The van der Waals surface area contributed by atoms with Crippen molar-refractivity contribution in [2.45, 2.75) is 38.6 Å². The van der Waals surface area contributed by atoms with Crippen molar-refractivity contribution < 1.29 is 14.3 Å². The van der Waals surface area contributed by atoms with Crippen LogP contribution in [0.5, 0.6) is 5.75 Å². The topological polar surface area (TPSA) is 78.3 Å². The summed E-state index contributed by atoms with van der Waals surface area (Å²) in [4.78, 5) is 17.5. The molecule has 2 aromatic carbocycles. The van der Waals surface area contributed by atoms with Crippen LogP contribution in [0.15, 0.2) is 58.9 Å². The number of carbonyl (C=O) groups is 1. The smallest absolute Gasteiger partial charge is 0.338 e. The van der Waals surface area contributed by atoms with E-state index in [1.54, 1.807) is 23.7 Å².